The summed E-state index contributed by atoms with van der Waals surface area (Å²) in [7, 11) is 1.58. The average molecular weight is 282 g/mol. The number of ether oxygens (including phenoxy) is 1. The number of alkyl halides is 3. The molecule has 0 spiro atoms. The van der Waals surface area contributed by atoms with Gasteiger partial charge >= 0.3 is 12.2 Å². The first-order chi connectivity index (χ1) is 8.90. The van der Waals surface area contributed by atoms with Crippen LogP contribution in [0.4, 0.5) is 19.2 Å². The highest BCUT2D eigenvalue weighted by Gasteiger charge is 2.30. The molecule has 0 saturated carbocycles. The quantitative estimate of drug-likeness (QED) is 0.705. The molecule has 0 aliphatic carbocycles. The van der Waals surface area contributed by atoms with E-state index in [0.717, 1.165) is 0 Å². The van der Waals surface area contributed by atoms with Gasteiger partial charge in [0.05, 0.1) is 19.6 Å². The standard InChI is InChI=1S/C10H17F3N4O2/c1-7(5-10(11,12)13)15-9-17-16-8(19-9)6-14-3-4-18-2/h7,14H,3-6H2,1-2H3,(H,15,17). The summed E-state index contributed by atoms with van der Waals surface area (Å²) >= 11 is 0. The second kappa shape index (κ2) is 7.29. The molecule has 110 valence electrons. The van der Waals surface area contributed by atoms with Crippen LogP contribution in [-0.2, 0) is 11.3 Å². The molecule has 0 amide bonds. The van der Waals surface area contributed by atoms with Crippen LogP contribution in [0, 0.1) is 0 Å². The van der Waals surface area contributed by atoms with E-state index in [1.165, 1.54) is 6.92 Å². The summed E-state index contributed by atoms with van der Waals surface area (Å²) in [6.45, 7) is 2.90. The number of methoxy groups -OCH3 is 1. The topological polar surface area (TPSA) is 72.2 Å². The van der Waals surface area contributed by atoms with Gasteiger partial charge in [-0.3, -0.25) is 0 Å². The van der Waals surface area contributed by atoms with Crippen LogP contribution in [0.2, 0.25) is 0 Å². The van der Waals surface area contributed by atoms with Gasteiger partial charge in [-0.05, 0) is 6.92 Å². The summed E-state index contributed by atoms with van der Waals surface area (Å²) in [5, 5.41) is 12.8. The van der Waals surface area contributed by atoms with Crippen LogP contribution < -0.4 is 10.6 Å². The molecule has 2 N–H and O–H groups in total. The van der Waals surface area contributed by atoms with E-state index in [0.29, 0.717) is 25.6 Å². The van der Waals surface area contributed by atoms with Crippen molar-refractivity contribution >= 4 is 6.01 Å². The van der Waals surface area contributed by atoms with Crippen molar-refractivity contribution in [1.29, 1.82) is 0 Å². The Morgan fingerprint density at radius 1 is 1.37 bits per heavy atom. The molecular formula is C10H17F3N4O2. The van der Waals surface area contributed by atoms with E-state index in [-0.39, 0.29) is 6.01 Å². The van der Waals surface area contributed by atoms with Crippen LogP contribution in [0.3, 0.4) is 0 Å². The Kier molecular flexibility index (Phi) is 6.03. The predicted molar refractivity (Wildman–Crippen MR) is 61.6 cm³/mol. The normalized spacial score (nSPS) is 13.5. The molecule has 1 heterocycles. The molecule has 6 nitrogen and oxygen atoms in total. The highest BCUT2D eigenvalue weighted by molar-refractivity contribution is 5.18. The molecule has 1 atom stereocenters. The molecule has 0 radical (unpaired) electrons. The molecule has 0 bridgehead atoms. The molecular weight excluding hydrogens is 265 g/mol. The number of nitrogens with zero attached hydrogens (tertiary/aromatic N) is 2. The zero-order valence-electron chi connectivity index (χ0n) is 10.8. The van der Waals surface area contributed by atoms with Crippen LogP contribution in [0.25, 0.3) is 0 Å². The summed E-state index contributed by atoms with van der Waals surface area (Å²) in [5.41, 5.74) is 0. The average Bonchev–Trinajstić information content (AvgIpc) is 2.69. The first-order valence-electron chi connectivity index (χ1n) is 5.76. The van der Waals surface area contributed by atoms with E-state index >= 15 is 0 Å². The molecule has 1 unspecified atom stereocenters. The van der Waals surface area contributed by atoms with Gasteiger partial charge in [0.2, 0.25) is 5.89 Å². The van der Waals surface area contributed by atoms with Gasteiger partial charge in [0.15, 0.2) is 0 Å². The third kappa shape index (κ3) is 6.97. The number of halogens is 3. The fraction of sp³-hybridized carbons (Fsp3) is 0.800. The van der Waals surface area contributed by atoms with Crippen molar-refractivity contribution in [1.82, 2.24) is 15.5 Å². The van der Waals surface area contributed by atoms with Gasteiger partial charge in [-0.1, -0.05) is 5.10 Å². The lowest BCUT2D eigenvalue weighted by Gasteiger charge is -2.13. The third-order valence-corrected chi connectivity index (χ3v) is 2.13. The van der Waals surface area contributed by atoms with Crippen molar-refractivity contribution in [3.8, 4) is 0 Å². The molecule has 0 saturated heterocycles. The number of rotatable bonds is 8. The number of hydrogen-bond donors (Lipinski definition) is 2. The lowest BCUT2D eigenvalue weighted by atomic mass is 10.2. The number of anilines is 1. The smallest absolute Gasteiger partial charge is 0.391 e. The zero-order chi connectivity index (χ0) is 14.3. The van der Waals surface area contributed by atoms with Gasteiger partial charge in [0, 0.05) is 19.7 Å². The molecule has 0 aliphatic rings. The van der Waals surface area contributed by atoms with Crippen molar-refractivity contribution < 1.29 is 22.3 Å². The number of aromatic nitrogens is 2. The fourth-order valence-electron chi connectivity index (χ4n) is 1.36. The predicted octanol–water partition coefficient (Wildman–Crippen LogP) is 1.56. The Labute approximate surface area is 108 Å². The number of nitrogens with one attached hydrogen (secondary N) is 2. The molecule has 0 aliphatic heterocycles. The molecule has 9 heteroatoms. The first-order valence-corrected chi connectivity index (χ1v) is 5.76. The molecule has 1 aromatic rings. The highest BCUT2D eigenvalue weighted by atomic mass is 19.4. The summed E-state index contributed by atoms with van der Waals surface area (Å²) in [4.78, 5) is 0. The Morgan fingerprint density at radius 2 is 2.11 bits per heavy atom. The van der Waals surface area contributed by atoms with Crippen LogP contribution in [0.5, 0.6) is 0 Å². The largest absolute Gasteiger partial charge is 0.407 e. The Balaban J connectivity index is 2.33. The highest BCUT2D eigenvalue weighted by Crippen LogP contribution is 2.22. The summed E-state index contributed by atoms with van der Waals surface area (Å²) in [5.74, 6) is 0.304. The second-order valence-electron chi connectivity index (χ2n) is 4.04. The summed E-state index contributed by atoms with van der Waals surface area (Å²) < 4.78 is 46.4. The minimum Gasteiger partial charge on any atom is -0.407 e. The molecule has 1 rings (SSSR count). The van der Waals surface area contributed by atoms with E-state index in [1.807, 2.05) is 0 Å². The van der Waals surface area contributed by atoms with E-state index < -0.39 is 18.6 Å². The Morgan fingerprint density at radius 3 is 2.74 bits per heavy atom. The van der Waals surface area contributed by atoms with E-state index in [1.54, 1.807) is 7.11 Å². The van der Waals surface area contributed by atoms with Gasteiger partial charge in [-0.15, -0.1) is 5.10 Å². The maximum Gasteiger partial charge on any atom is 0.391 e. The van der Waals surface area contributed by atoms with Crippen molar-refractivity contribution in [3.05, 3.63) is 5.89 Å². The van der Waals surface area contributed by atoms with Gasteiger partial charge in [0.25, 0.3) is 0 Å². The summed E-state index contributed by atoms with van der Waals surface area (Å²) in [6, 6.07) is -0.838. The SMILES string of the molecule is COCCNCc1nnc(NC(C)CC(F)(F)F)o1. The third-order valence-electron chi connectivity index (χ3n) is 2.13. The van der Waals surface area contributed by atoms with Crippen molar-refractivity contribution in [2.24, 2.45) is 0 Å². The van der Waals surface area contributed by atoms with Gasteiger partial charge in [-0.2, -0.15) is 13.2 Å². The van der Waals surface area contributed by atoms with Gasteiger partial charge in [0.1, 0.15) is 0 Å². The Hall–Kier alpha value is -1.35. The maximum absolute atomic E-state index is 12.1. The van der Waals surface area contributed by atoms with Crippen molar-refractivity contribution in [2.75, 3.05) is 25.6 Å². The monoisotopic (exact) mass is 282 g/mol. The van der Waals surface area contributed by atoms with Crippen LogP contribution in [0.15, 0.2) is 4.42 Å². The van der Waals surface area contributed by atoms with Gasteiger partial charge in [-0.25, -0.2) is 0 Å². The molecule has 1 aromatic heterocycles. The van der Waals surface area contributed by atoms with E-state index in [9.17, 15) is 13.2 Å². The fourth-order valence-corrected chi connectivity index (χ4v) is 1.36. The van der Waals surface area contributed by atoms with Crippen molar-refractivity contribution in [3.63, 3.8) is 0 Å². The minimum absolute atomic E-state index is 0.0136. The van der Waals surface area contributed by atoms with E-state index in [2.05, 4.69) is 20.8 Å². The first kappa shape index (κ1) is 15.7. The minimum atomic E-state index is -4.23. The molecule has 0 aromatic carbocycles. The van der Waals surface area contributed by atoms with Gasteiger partial charge < -0.3 is 19.8 Å². The van der Waals surface area contributed by atoms with Crippen LogP contribution in [-0.4, -0.2) is 42.7 Å². The lowest BCUT2D eigenvalue weighted by Crippen LogP contribution is -2.24. The molecule has 0 fully saturated rings. The van der Waals surface area contributed by atoms with E-state index in [4.69, 9.17) is 9.15 Å². The second-order valence-corrected chi connectivity index (χ2v) is 4.04. The number of hydrogen-bond acceptors (Lipinski definition) is 6. The lowest BCUT2D eigenvalue weighted by molar-refractivity contribution is -0.136. The Bertz CT molecular complexity index is 370. The van der Waals surface area contributed by atoms with Crippen LogP contribution in [0.1, 0.15) is 19.2 Å². The molecule has 19 heavy (non-hydrogen) atoms. The van der Waals surface area contributed by atoms with Crippen molar-refractivity contribution in [2.45, 2.75) is 32.1 Å². The zero-order valence-corrected chi connectivity index (χ0v) is 10.8. The maximum atomic E-state index is 12.1. The summed E-state index contributed by atoms with van der Waals surface area (Å²) in [6.07, 6.45) is -5.19. The van der Waals surface area contributed by atoms with Crippen LogP contribution >= 0.6 is 0 Å².